The molecule has 3 aromatic rings. The van der Waals surface area contributed by atoms with E-state index in [-0.39, 0.29) is 0 Å². The van der Waals surface area contributed by atoms with E-state index < -0.39 is 5.91 Å². The first kappa shape index (κ1) is 13.5. The van der Waals surface area contributed by atoms with Crippen molar-refractivity contribution < 1.29 is 4.79 Å². The van der Waals surface area contributed by atoms with Crippen LogP contribution < -0.4 is 11.1 Å². The molecule has 1 amide bonds. The summed E-state index contributed by atoms with van der Waals surface area (Å²) in [6.45, 7) is 0.648. The molecular formula is C16H14ClN3O. The molecule has 0 radical (unpaired) electrons. The molecular weight excluding hydrogens is 286 g/mol. The Hall–Kier alpha value is -2.46. The summed E-state index contributed by atoms with van der Waals surface area (Å²) in [4.78, 5) is 14.5. The van der Waals surface area contributed by atoms with Crippen LogP contribution in [0.3, 0.4) is 0 Å². The number of nitrogens with one attached hydrogen (secondary N) is 2. The zero-order valence-corrected chi connectivity index (χ0v) is 11.9. The van der Waals surface area contributed by atoms with E-state index in [1.807, 2.05) is 30.5 Å². The Labute approximate surface area is 126 Å². The second-order valence-electron chi connectivity index (χ2n) is 4.77. The standard InChI is InChI=1S/C16H14ClN3O/c17-14-5-4-11(8-13(14)16(18)21)20-9-10-2-1-3-15-12(10)6-7-19-15/h1-8,19-20H,9H2,(H2,18,21). The average Bonchev–Trinajstić information content (AvgIpc) is 2.95. The molecule has 106 valence electrons. The molecule has 5 heteroatoms. The van der Waals surface area contributed by atoms with Gasteiger partial charge in [0.15, 0.2) is 0 Å². The topological polar surface area (TPSA) is 70.9 Å². The van der Waals surface area contributed by atoms with Gasteiger partial charge in [-0.05, 0) is 35.9 Å². The largest absolute Gasteiger partial charge is 0.381 e. The Bertz CT molecular complexity index is 810. The van der Waals surface area contributed by atoms with E-state index in [0.717, 1.165) is 11.2 Å². The molecule has 0 saturated heterocycles. The fraction of sp³-hybridized carbons (Fsp3) is 0.0625. The molecule has 2 aromatic carbocycles. The van der Waals surface area contributed by atoms with Gasteiger partial charge in [0.1, 0.15) is 0 Å². The summed E-state index contributed by atoms with van der Waals surface area (Å²) < 4.78 is 0. The number of carbonyl (C=O) groups is 1. The smallest absolute Gasteiger partial charge is 0.250 e. The van der Waals surface area contributed by atoms with Crippen molar-refractivity contribution in [3.63, 3.8) is 0 Å². The van der Waals surface area contributed by atoms with Crippen molar-refractivity contribution >= 4 is 34.1 Å². The lowest BCUT2D eigenvalue weighted by Crippen LogP contribution is -2.12. The van der Waals surface area contributed by atoms with Crippen LogP contribution >= 0.6 is 11.6 Å². The number of benzene rings is 2. The fourth-order valence-electron chi connectivity index (χ4n) is 2.33. The summed E-state index contributed by atoms with van der Waals surface area (Å²) in [6.07, 6.45) is 1.92. The maximum Gasteiger partial charge on any atom is 0.250 e. The van der Waals surface area contributed by atoms with Gasteiger partial charge in [0, 0.05) is 29.3 Å². The van der Waals surface area contributed by atoms with Crippen molar-refractivity contribution in [2.45, 2.75) is 6.54 Å². The van der Waals surface area contributed by atoms with Gasteiger partial charge in [-0.2, -0.15) is 0 Å². The van der Waals surface area contributed by atoms with E-state index in [1.54, 1.807) is 12.1 Å². The second kappa shape index (κ2) is 5.50. The minimum absolute atomic E-state index is 0.321. The van der Waals surface area contributed by atoms with Crippen molar-refractivity contribution in [1.82, 2.24) is 4.98 Å². The van der Waals surface area contributed by atoms with Gasteiger partial charge < -0.3 is 16.0 Å². The van der Waals surface area contributed by atoms with Gasteiger partial charge in [-0.25, -0.2) is 0 Å². The Balaban J connectivity index is 1.83. The number of amides is 1. The molecule has 3 rings (SSSR count). The first-order valence-electron chi connectivity index (χ1n) is 6.53. The summed E-state index contributed by atoms with van der Waals surface area (Å²) in [5.74, 6) is -0.531. The lowest BCUT2D eigenvalue weighted by molar-refractivity contribution is 0.100. The molecule has 0 saturated carbocycles. The third-order valence-corrected chi connectivity index (χ3v) is 3.73. The summed E-state index contributed by atoms with van der Waals surface area (Å²) in [5, 5.41) is 4.82. The van der Waals surface area contributed by atoms with Crippen LogP contribution in [0.1, 0.15) is 15.9 Å². The summed E-state index contributed by atoms with van der Waals surface area (Å²) in [5.41, 5.74) is 8.69. The number of primary amides is 1. The molecule has 0 fully saturated rings. The molecule has 0 unspecified atom stereocenters. The number of rotatable bonds is 4. The Morgan fingerprint density at radius 3 is 2.90 bits per heavy atom. The Morgan fingerprint density at radius 1 is 1.24 bits per heavy atom. The van der Waals surface area contributed by atoms with Gasteiger partial charge in [-0.15, -0.1) is 0 Å². The number of hydrogen-bond donors (Lipinski definition) is 3. The quantitative estimate of drug-likeness (QED) is 0.689. The minimum atomic E-state index is -0.531. The summed E-state index contributed by atoms with van der Waals surface area (Å²) in [6, 6.07) is 13.3. The molecule has 0 aliphatic heterocycles. The molecule has 4 nitrogen and oxygen atoms in total. The number of hydrogen-bond acceptors (Lipinski definition) is 2. The zero-order chi connectivity index (χ0) is 14.8. The highest BCUT2D eigenvalue weighted by atomic mass is 35.5. The number of nitrogens with two attached hydrogens (primary N) is 1. The number of halogens is 1. The van der Waals surface area contributed by atoms with Crippen LogP contribution in [0.25, 0.3) is 10.9 Å². The highest BCUT2D eigenvalue weighted by molar-refractivity contribution is 6.33. The molecule has 0 atom stereocenters. The number of carbonyl (C=O) groups excluding carboxylic acids is 1. The highest BCUT2D eigenvalue weighted by Crippen LogP contribution is 2.22. The molecule has 21 heavy (non-hydrogen) atoms. The fourth-order valence-corrected chi connectivity index (χ4v) is 2.54. The van der Waals surface area contributed by atoms with E-state index in [0.29, 0.717) is 17.1 Å². The van der Waals surface area contributed by atoms with E-state index in [4.69, 9.17) is 17.3 Å². The van der Waals surface area contributed by atoms with Crippen LogP contribution in [0, 0.1) is 0 Å². The van der Waals surface area contributed by atoms with Gasteiger partial charge in [0.2, 0.25) is 5.91 Å². The van der Waals surface area contributed by atoms with Crippen LogP contribution in [-0.4, -0.2) is 10.9 Å². The minimum Gasteiger partial charge on any atom is -0.381 e. The average molecular weight is 300 g/mol. The zero-order valence-electron chi connectivity index (χ0n) is 11.2. The van der Waals surface area contributed by atoms with E-state index >= 15 is 0 Å². The Kier molecular flexibility index (Phi) is 3.54. The molecule has 0 aliphatic carbocycles. The summed E-state index contributed by atoms with van der Waals surface area (Å²) in [7, 11) is 0. The molecule has 1 aromatic heterocycles. The Morgan fingerprint density at radius 2 is 2.10 bits per heavy atom. The number of H-pyrrole nitrogens is 1. The highest BCUT2D eigenvalue weighted by Gasteiger charge is 2.08. The normalized spacial score (nSPS) is 10.7. The van der Waals surface area contributed by atoms with Gasteiger partial charge in [0.05, 0.1) is 10.6 Å². The second-order valence-corrected chi connectivity index (χ2v) is 5.18. The maximum absolute atomic E-state index is 11.3. The predicted octanol–water partition coefficient (Wildman–Crippen LogP) is 3.53. The third kappa shape index (κ3) is 2.71. The van der Waals surface area contributed by atoms with E-state index in [2.05, 4.69) is 16.4 Å². The van der Waals surface area contributed by atoms with Gasteiger partial charge in [0.25, 0.3) is 0 Å². The summed E-state index contributed by atoms with van der Waals surface area (Å²) >= 11 is 5.94. The number of aromatic amines is 1. The van der Waals surface area contributed by atoms with Gasteiger partial charge in [-0.1, -0.05) is 23.7 Å². The molecule has 0 bridgehead atoms. The lowest BCUT2D eigenvalue weighted by atomic mass is 10.1. The maximum atomic E-state index is 11.3. The molecule has 0 spiro atoms. The van der Waals surface area contributed by atoms with Crippen molar-refractivity contribution in [3.8, 4) is 0 Å². The van der Waals surface area contributed by atoms with E-state index in [9.17, 15) is 4.79 Å². The van der Waals surface area contributed by atoms with Crippen molar-refractivity contribution in [1.29, 1.82) is 0 Å². The SMILES string of the molecule is NC(=O)c1cc(NCc2cccc3[nH]ccc23)ccc1Cl. The number of fused-ring (bicyclic) bond motifs is 1. The number of aromatic nitrogens is 1. The van der Waals surface area contributed by atoms with Crippen molar-refractivity contribution in [2.75, 3.05) is 5.32 Å². The van der Waals surface area contributed by atoms with Gasteiger partial charge in [-0.3, -0.25) is 4.79 Å². The molecule has 4 N–H and O–H groups in total. The predicted molar refractivity (Wildman–Crippen MR) is 85.6 cm³/mol. The molecule has 1 heterocycles. The van der Waals surface area contributed by atoms with Crippen LogP contribution in [-0.2, 0) is 6.54 Å². The monoisotopic (exact) mass is 299 g/mol. The van der Waals surface area contributed by atoms with Crippen LogP contribution in [0.2, 0.25) is 5.02 Å². The van der Waals surface area contributed by atoms with Crippen LogP contribution in [0.5, 0.6) is 0 Å². The van der Waals surface area contributed by atoms with Crippen LogP contribution in [0.15, 0.2) is 48.7 Å². The van der Waals surface area contributed by atoms with Crippen LogP contribution in [0.4, 0.5) is 5.69 Å². The first-order valence-corrected chi connectivity index (χ1v) is 6.91. The lowest BCUT2D eigenvalue weighted by Gasteiger charge is -2.09. The van der Waals surface area contributed by atoms with Crippen molar-refractivity contribution in [3.05, 3.63) is 64.8 Å². The van der Waals surface area contributed by atoms with E-state index in [1.165, 1.54) is 10.9 Å². The third-order valence-electron chi connectivity index (χ3n) is 3.40. The van der Waals surface area contributed by atoms with Crippen molar-refractivity contribution in [2.24, 2.45) is 5.73 Å². The number of anilines is 1. The van der Waals surface area contributed by atoms with Gasteiger partial charge >= 0.3 is 0 Å². The first-order chi connectivity index (χ1) is 10.1. The molecule has 0 aliphatic rings.